The summed E-state index contributed by atoms with van der Waals surface area (Å²) >= 11 is 0. The Hall–Kier alpha value is -0.730. The van der Waals surface area contributed by atoms with Crippen molar-refractivity contribution in [3.63, 3.8) is 0 Å². The number of rotatable bonds is 9. The van der Waals surface area contributed by atoms with Gasteiger partial charge in [0.25, 0.3) is 0 Å². The van der Waals surface area contributed by atoms with Crippen LogP contribution in [0.1, 0.15) is 13.8 Å². The van der Waals surface area contributed by atoms with E-state index in [-0.39, 0.29) is 19.0 Å². The predicted octanol–water partition coefficient (Wildman–Crippen LogP) is -1.90. The maximum Gasteiger partial charge on any atom is 0.321 e. The third-order valence-electron chi connectivity index (χ3n) is 2.59. The molecule has 0 rings (SSSR count). The molecule has 7 heteroatoms. The summed E-state index contributed by atoms with van der Waals surface area (Å²) in [6.45, 7) is 2.28. The lowest BCUT2D eigenvalue weighted by Gasteiger charge is -2.33. The van der Waals surface area contributed by atoms with Gasteiger partial charge in [0, 0.05) is 13.1 Å². The molecule has 2 unspecified atom stereocenters. The molecule has 0 radical (unpaired) electrons. The topological polar surface area (TPSA) is 121 Å². The summed E-state index contributed by atoms with van der Waals surface area (Å²) in [5, 5.41) is 45.5. The molecule has 0 aromatic heterocycles. The number of aliphatic hydroxyl groups excluding tert-OH is 4. The molecule has 0 saturated heterocycles. The van der Waals surface area contributed by atoms with Gasteiger partial charge in [0.2, 0.25) is 0 Å². The molecule has 108 valence electrons. The van der Waals surface area contributed by atoms with Crippen LogP contribution in [0, 0.1) is 5.92 Å². The van der Waals surface area contributed by atoms with Gasteiger partial charge in [0.15, 0.2) is 0 Å². The van der Waals surface area contributed by atoms with Gasteiger partial charge in [-0.2, -0.15) is 0 Å². The van der Waals surface area contributed by atoms with Gasteiger partial charge in [-0.15, -0.1) is 0 Å². The van der Waals surface area contributed by atoms with Gasteiger partial charge in [0.1, 0.15) is 6.04 Å². The Morgan fingerprint density at radius 1 is 1.06 bits per heavy atom. The van der Waals surface area contributed by atoms with E-state index in [2.05, 4.69) is 0 Å². The zero-order valence-corrected chi connectivity index (χ0v) is 10.7. The van der Waals surface area contributed by atoms with E-state index in [4.69, 9.17) is 15.3 Å². The molecule has 0 aliphatic rings. The molecule has 3 atom stereocenters. The van der Waals surface area contributed by atoms with E-state index in [1.165, 1.54) is 4.90 Å². The minimum absolute atomic E-state index is 0.0806. The summed E-state index contributed by atoms with van der Waals surface area (Å²) < 4.78 is 0. The molecule has 5 N–H and O–H groups in total. The van der Waals surface area contributed by atoms with Crippen LogP contribution in [-0.4, -0.2) is 81.0 Å². The molecule has 0 spiro atoms. The molecule has 0 bridgehead atoms. The summed E-state index contributed by atoms with van der Waals surface area (Å²) in [5.41, 5.74) is 0. The van der Waals surface area contributed by atoms with Crippen molar-refractivity contribution in [2.24, 2.45) is 5.92 Å². The van der Waals surface area contributed by atoms with Crippen molar-refractivity contribution >= 4 is 5.97 Å². The molecule has 7 nitrogen and oxygen atoms in total. The first-order valence-corrected chi connectivity index (χ1v) is 5.88. The molecule has 0 fully saturated rings. The van der Waals surface area contributed by atoms with Gasteiger partial charge >= 0.3 is 5.97 Å². The number of hydrogen-bond acceptors (Lipinski definition) is 6. The fraction of sp³-hybridized carbons (Fsp3) is 0.909. The number of carboxylic acid groups (broad SMARTS) is 1. The third-order valence-corrected chi connectivity index (χ3v) is 2.59. The van der Waals surface area contributed by atoms with Crippen LogP contribution in [0.25, 0.3) is 0 Å². The smallest absolute Gasteiger partial charge is 0.321 e. The largest absolute Gasteiger partial charge is 0.480 e. The second-order valence-corrected chi connectivity index (χ2v) is 4.65. The molecule has 0 aliphatic carbocycles. The molecule has 0 amide bonds. The Balaban J connectivity index is 4.85. The quantitative estimate of drug-likeness (QED) is 0.330. The van der Waals surface area contributed by atoms with Crippen molar-refractivity contribution in [1.29, 1.82) is 0 Å². The molecule has 0 aliphatic heterocycles. The zero-order chi connectivity index (χ0) is 14.3. The number of carbonyl (C=O) groups is 1. The fourth-order valence-corrected chi connectivity index (χ4v) is 1.82. The highest BCUT2D eigenvalue weighted by Crippen LogP contribution is 2.13. The monoisotopic (exact) mass is 265 g/mol. The third kappa shape index (κ3) is 5.74. The lowest BCUT2D eigenvalue weighted by atomic mass is 10.0. The first-order valence-electron chi connectivity index (χ1n) is 5.88. The average Bonchev–Trinajstić information content (AvgIpc) is 2.27. The standard InChI is InChI=1S/C11H23NO6/c1-7(2)10(11(17)18)12(3-8(15)5-13)4-9(16)6-14/h7-10,13-16H,3-6H2,1-2H3,(H,17,18)/t8?,9?,10-/m0/s1. The van der Waals surface area contributed by atoms with Crippen LogP contribution in [0.15, 0.2) is 0 Å². The van der Waals surface area contributed by atoms with Gasteiger partial charge in [-0.1, -0.05) is 13.8 Å². The van der Waals surface area contributed by atoms with Crippen molar-refractivity contribution in [3.05, 3.63) is 0 Å². The highest BCUT2D eigenvalue weighted by molar-refractivity contribution is 5.73. The maximum atomic E-state index is 11.2. The van der Waals surface area contributed by atoms with Crippen LogP contribution in [0.4, 0.5) is 0 Å². The van der Waals surface area contributed by atoms with E-state index >= 15 is 0 Å². The summed E-state index contributed by atoms with van der Waals surface area (Å²) in [4.78, 5) is 12.5. The van der Waals surface area contributed by atoms with Crippen LogP contribution >= 0.6 is 0 Å². The molecule has 0 saturated carbocycles. The molecular weight excluding hydrogens is 242 g/mol. The minimum Gasteiger partial charge on any atom is -0.480 e. The van der Waals surface area contributed by atoms with E-state index in [0.29, 0.717) is 0 Å². The first-order chi connectivity index (χ1) is 8.33. The Morgan fingerprint density at radius 2 is 1.44 bits per heavy atom. The van der Waals surface area contributed by atoms with Gasteiger partial charge < -0.3 is 25.5 Å². The first kappa shape index (κ1) is 17.3. The Morgan fingerprint density at radius 3 is 1.67 bits per heavy atom. The maximum absolute atomic E-state index is 11.2. The van der Waals surface area contributed by atoms with Crippen molar-refractivity contribution in [1.82, 2.24) is 4.90 Å². The van der Waals surface area contributed by atoms with E-state index in [9.17, 15) is 15.0 Å². The Kier molecular flexibility index (Phi) is 8.05. The van der Waals surface area contributed by atoms with E-state index in [0.717, 1.165) is 0 Å². The van der Waals surface area contributed by atoms with Gasteiger partial charge in [-0.25, -0.2) is 0 Å². The molecule has 0 heterocycles. The lowest BCUT2D eigenvalue weighted by Crippen LogP contribution is -2.51. The van der Waals surface area contributed by atoms with Crippen LogP contribution < -0.4 is 0 Å². The number of carboxylic acids is 1. The summed E-state index contributed by atoms with van der Waals surface area (Å²) in [5.74, 6) is -1.31. The normalized spacial score (nSPS) is 16.9. The summed E-state index contributed by atoms with van der Waals surface area (Å²) in [6, 6.07) is -0.896. The molecule has 18 heavy (non-hydrogen) atoms. The van der Waals surface area contributed by atoms with Crippen molar-refractivity contribution in [2.45, 2.75) is 32.1 Å². The highest BCUT2D eigenvalue weighted by atomic mass is 16.4. The summed E-state index contributed by atoms with van der Waals surface area (Å²) in [6.07, 6.45) is -2.17. The van der Waals surface area contributed by atoms with Gasteiger partial charge in [-0.3, -0.25) is 9.69 Å². The minimum atomic E-state index is -1.09. The van der Waals surface area contributed by atoms with Crippen LogP contribution in [-0.2, 0) is 4.79 Å². The lowest BCUT2D eigenvalue weighted by molar-refractivity contribution is -0.146. The zero-order valence-electron chi connectivity index (χ0n) is 10.7. The number of nitrogens with zero attached hydrogens (tertiary/aromatic N) is 1. The number of hydrogen-bond donors (Lipinski definition) is 5. The Bertz CT molecular complexity index is 236. The average molecular weight is 265 g/mol. The van der Waals surface area contributed by atoms with E-state index in [1.807, 2.05) is 0 Å². The highest BCUT2D eigenvalue weighted by Gasteiger charge is 2.31. The Labute approximate surface area is 106 Å². The van der Waals surface area contributed by atoms with Crippen molar-refractivity contribution in [3.8, 4) is 0 Å². The predicted molar refractivity (Wildman–Crippen MR) is 64.0 cm³/mol. The van der Waals surface area contributed by atoms with Crippen LogP contribution in [0.2, 0.25) is 0 Å². The van der Waals surface area contributed by atoms with Crippen LogP contribution in [0.5, 0.6) is 0 Å². The number of aliphatic hydroxyl groups is 4. The second kappa shape index (κ2) is 8.39. The van der Waals surface area contributed by atoms with Gasteiger partial charge in [0.05, 0.1) is 25.4 Å². The molecule has 0 aromatic rings. The summed E-state index contributed by atoms with van der Waals surface area (Å²) in [7, 11) is 0. The van der Waals surface area contributed by atoms with Crippen LogP contribution in [0.3, 0.4) is 0 Å². The van der Waals surface area contributed by atoms with E-state index in [1.54, 1.807) is 13.8 Å². The fourth-order valence-electron chi connectivity index (χ4n) is 1.82. The number of aliphatic carboxylic acids is 1. The molecule has 0 aromatic carbocycles. The SMILES string of the molecule is CC(C)[C@@H](C(=O)O)N(CC(O)CO)CC(O)CO. The molecular formula is C11H23NO6. The van der Waals surface area contributed by atoms with Crippen molar-refractivity contribution in [2.75, 3.05) is 26.3 Å². The second-order valence-electron chi connectivity index (χ2n) is 4.65. The van der Waals surface area contributed by atoms with Crippen molar-refractivity contribution < 1.29 is 30.3 Å². The van der Waals surface area contributed by atoms with Gasteiger partial charge in [-0.05, 0) is 5.92 Å². The van der Waals surface area contributed by atoms with E-state index < -0.39 is 37.4 Å².